The molecule has 1 fully saturated rings. The normalized spacial score (nSPS) is 18.6. The number of aliphatic carboxylic acids is 1. The Bertz CT molecular complexity index is 375. The highest BCUT2D eigenvalue weighted by molar-refractivity contribution is 7.87. The Morgan fingerprint density at radius 1 is 1.26 bits per heavy atom. The number of rotatable bonds is 8. The largest absolute Gasteiger partial charge is 0.481 e. The van der Waals surface area contributed by atoms with Crippen molar-refractivity contribution < 1.29 is 18.3 Å². The van der Waals surface area contributed by atoms with Crippen molar-refractivity contribution in [2.75, 3.05) is 19.6 Å². The molecule has 0 saturated carbocycles. The highest BCUT2D eigenvalue weighted by atomic mass is 32.2. The van der Waals surface area contributed by atoms with E-state index in [2.05, 4.69) is 11.6 Å². The third-order valence-corrected chi connectivity index (χ3v) is 5.05. The molecule has 112 valence electrons. The van der Waals surface area contributed by atoms with Crippen LogP contribution in [0.5, 0.6) is 0 Å². The summed E-state index contributed by atoms with van der Waals surface area (Å²) in [6.45, 7) is 3.71. The van der Waals surface area contributed by atoms with E-state index in [1.54, 1.807) is 0 Å². The molecule has 1 aliphatic rings. The predicted molar refractivity (Wildman–Crippen MR) is 73.0 cm³/mol. The van der Waals surface area contributed by atoms with Crippen LogP contribution in [0.15, 0.2) is 0 Å². The number of hydrogen-bond acceptors (Lipinski definition) is 3. The van der Waals surface area contributed by atoms with Crippen molar-refractivity contribution in [2.24, 2.45) is 5.92 Å². The summed E-state index contributed by atoms with van der Waals surface area (Å²) in [6.07, 6.45) is 3.98. The summed E-state index contributed by atoms with van der Waals surface area (Å²) in [5.41, 5.74) is 0. The number of carboxylic acids is 1. The van der Waals surface area contributed by atoms with Crippen molar-refractivity contribution in [1.29, 1.82) is 0 Å². The molecule has 0 spiro atoms. The van der Waals surface area contributed by atoms with Gasteiger partial charge >= 0.3 is 5.97 Å². The van der Waals surface area contributed by atoms with Gasteiger partial charge in [0.25, 0.3) is 10.2 Å². The molecule has 0 aliphatic carbocycles. The Hall–Kier alpha value is -0.660. The van der Waals surface area contributed by atoms with E-state index in [1.807, 2.05) is 0 Å². The molecule has 6 nitrogen and oxygen atoms in total. The van der Waals surface area contributed by atoms with Crippen molar-refractivity contribution >= 4 is 16.2 Å². The van der Waals surface area contributed by atoms with Crippen LogP contribution >= 0.6 is 0 Å². The molecule has 0 aromatic heterocycles. The topological polar surface area (TPSA) is 86.7 Å². The van der Waals surface area contributed by atoms with Gasteiger partial charge in [-0.3, -0.25) is 4.79 Å². The maximum Gasteiger partial charge on any atom is 0.303 e. The monoisotopic (exact) mass is 292 g/mol. The molecule has 1 aliphatic heterocycles. The first-order valence-corrected chi connectivity index (χ1v) is 8.32. The maximum absolute atomic E-state index is 12.0. The maximum atomic E-state index is 12.0. The first kappa shape index (κ1) is 16.4. The first-order valence-electron chi connectivity index (χ1n) is 6.88. The SMILES string of the molecule is CC1CCN(S(=O)(=O)NCCCCCC(=O)O)CC1. The fourth-order valence-electron chi connectivity index (χ4n) is 2.10. The van der Waals surface area contributed by atoms with Crippen LogP contribution in [0.4, 0.5) is 0 Å². The van der Waals surface area contributed by atoms with Gasteiger partial charge in [-0.25, -0.2) is 4.72 Å². The summed E-state index contributed by atoms with van der Waals surface area (Å²) >= 11 is 0. The Labute approximate surface area is 115 Å². The average molecular weight is 292 g/mol. The fraction of sp³-hybridized carbons (Fsp3) is 0.917. The Morgan fingerprint density at radius 2 is 1.89 bits per heavy atom. The molecule has 1 saturated heterocycles. The second-order valence-electron chi connectivity index (χ2n) is 5.19. The molecule has 0 bridgehead atoms. The van der Waals surface area contributed by atoms with Gasteiger partial charge in [0, 0.05) is 26.1 Å². The minimum Gasteiger partial charge on any atom is -0.481 e. The minimum atomic E-state index is -3.34. The van der Waals surface area contributed by atoms with Gasteiger partial charge in [-0.2, -0.15) is 12.7 Å². The lowest BCUT2D eigenvalue weighted by atomic mass is 10.0. The number of hydrogen-bond donors (Lipinski definition) is 2. The minimum absolute atomic E-state index is 0.150. The van der Waals surface area contributed by atoms with Gasteiger partial charge in [0.1, 0.15) is 0 Å². The summed E-state index contributed by atoms with van der Waals surface area (Å²) in [6, 6.07) is 0. The second-order valence-corrected chi connectivity index (χ2v) is 6.94. The molecule has 1 rings (SSSR count). The molecule has 0 aromatic rings. The Kier molecular flexibility index (Phi) is 6.74. The zero-order valence-corrected chi connectivity index (χ0v) is 12.3. The van der Waals surface area contributed by atoms with Crippen molar-refractivity contribution in [2.45, 2.75) is 45.4 Å². The van der Waals surface area contributed by atoms with Gasteiger partial charge in [-0.1, -0.05) is 13.3 Å². The van der Waals surface area contributed by atoms with Crippen LogP contribution < -0.4 is 4.72 Å². The van der Waals surface area contributed by atoms with Crippen molar-refractivity contribution in [3.05, 3.63) is 0 Å². The summed E-state index contributed by atoms with van der Waals surface area (Å²) < 4.78 is 28.0. The number of nitrogens with one attached hydrogen (secondary N) is 1. The molecular formula is C12H24N2O4S. The zero-order chi connectivity index (χ0) is 14.3. The molecule has 2 N–H and O–H groups in total. The Balaban J connectivity index is 2.18. The van der Waals surface area contributed by atoms with Gasteiger partial charge in [0.15, 0.2) is 0 Å². The number of carboxylic acid groups (broad SMARTS) is 1. The van der Waals surface area contributed by atoms with E-state index in [1.165, 1.54) is 4.31 Å². The van der Waals surface area contributed by atoms with Gasteiger partial charge in [-0.15, -0.1) is 0 Å². The molecular weight excluding hydrogens is 268 g/mol. The van der Waals surface area contributed by atoms with Crippen LogP contribution in [0.1, 0.15) is 45.4 Å². The molecule has 7 heteroatoms. The van der Waals surface area contributed by atoms with E-state index < -0.39 is 16.2 Å². The van der Waals surface area contributed by atoms with Crippen molar-refractivity contribution in [3.63, 3.8) is 0 Å². The summed E-state index contributed by atoms with van der Waals surface area (Å²) in [4.78, 5) is 10.3. The first-order chi connectivity index (χ1) is 8.92. The lowest BCUT2D eigenvalue weighted by Crippen LogP contribution is -2.44. The van der Waals surface area contributed by atoms with Gasteiger partial charge in [0.2, 0.25) is 0 Å². The van der Waals surface area contributed by atoms with Crippen LogP contribution in [-0.2, 0) is 15.0 Å². The number of carbonyl (C=O) groups is 1. The zero-order valence-electron chi connectivity index (χ0n) is 11.5. The smallest absolute Gasteiger partial charge is 0.303 e. The predicted octanol–water partition coefficient (Wildman–Crippen LogP) is 1.20. The van der Waals surface area contributed by atoms with Crippen molar-refractivity contribution in [3.8, 4) is 0 Å². The summed E-state index contributed by atoms with van der Waals surface area (Å²) in [5, 5.41) is 8.47. The molecule has 0 aromatic carbocycles. The van der Waals surface area contributed by atoms with Crippen LogP contribution in [0.2, 0.25) is 0 Å². The van der Waals surface area contributed by atoms with Gasteiger partial charge in [0.05, 0.1) is 0 Å². The molecule has 0 unspecified atom stereocenters. The highest BCUT2D eigenvalue weighted by Gasteiger charge is 2.25. The third-order valence-electron chi connectivity index (χ3n) is 3.43. The van der Waals surface area contributed by atoms with E-state index in [4.69, 9.17) is 5.11 Å². The quantitative estimate of drug-likeness (QED) is 0.658. The average Bonchev–Trinajstić information content (AvgIpc) is 2.34. The summed E-state index contributed by atoms with van der Waals surface area (Å²) in [5.74, 6) is -0.203. The van der Waals surface area contributed by atoms with E-state index in [-0.39, 0.29) is 6.42 Å². The fourth-order valence-corrected chi connectivity index (χ4v) is 3.37. The van der Waals surface area contributed by atoms with Crippen LogP contribution in [0.25, 0.3) is 0 Å². The molecule has 0 atom stereocenters. The number of nitrogens with zero attached hydrogens (tertiary/aromatic N) is 1. The molecule has 1 heterocycles. The lowest BCUT2D eigenvalue weighted by Gasteiger charge is -2.29. The van der Waals surface area contributed by atoms with E-state index in [0.717, 1.165) is 19.3 Å². The van der Waals surface area contributed by atoms with Crippen LogP contribution in [-0.4, -0.2) is 43.4 Å². The van der Waals surface area contributed by atoms with Crippen LogP contribution in [0.3, 0.4) is 0 Å². The number of unbranched alkanes of at least 4 members (excludes halogenated alkanes) is 2. The van der Waals surface area contributed by atoms with Crippen molar-refractivity contribution in [1.82, 2.24) is 9.03 Å². The molecule has 19 heavy (non-hydrogen) atoms. The van der Waals surface area contributed by atoms with Gasteiger partial charge < -0.3 is 5.11 Å². The third kappa shape index (κ3) is 6.35. The second kappa shape index (κ2) is 7.81. The van der Waals surface area contributed by atoms with E-state index in [0.29, 0.717) is 38.4 Å². The molecule has 0 amide bonds. The number of piperidine rings is 1. The Morgan fingerprint density at radius 3 is 2.47 bits per heavy atom. The van der Waals surface area contributed by atoms with E-state index in [9.17, 15) is 13.2 Å². The van der Waals surface area contributed by atoms with E-state index >= 15 is 0 Å². The standard InChI is InChI=1S/C12H24N2O4S/c1-11-6-9-14(10-7-11)19(17,18)13-8-4-2-3-5-12(15)16/h11,13H,2-10H2,1H3,(H,15,16). The lowest BCUT2D eigenvalue weighted by molar-refractivity contribution is -0.137. The molecule has 0 radical (unpaired) electrons. The summed E-state index contributed by atoms with van der Waals surface area (Å²) in [7, 11) is -3.34. The van der Waals surface area contributed by atoms with Crippen LogP contribution in [0, 0.1) is 5.92 Å². The van der Waals surface area contributed by atoms with Gasteiger partial charge in [-0.05, 0) is 31.6 Å². The highest BCUT2D eigenvalue weighted by Crippen LogP contribution is 2.17.